The number of rotatable bonds is 2. The number of carbonyl (C=O) groups is 1. The molecule has 2 rings (SSSR count). The van der Waals surface area contributed by atoms with Gasteiger partial charge in [-0.3, -0.25) is 4.79 Å². The van der Waals surface area contributed by atoms with Crippen LogP contribution in [0, 0.1) is 5.92 Å². The molecule has 14 heavy (non-hydrogen) atoms. The van der Waals surface area contributed by atoms with Crippen molar-refractivity contribution in [2.24, 2.45) is 5.92 Å². The van der Waals surface area contributed by atoms with Gasteiger partial charge in [0.05, 0.1) is 0 Å². The molecule has 0 radical (unpaired) electrons. The number of hydrogen-bond donors (Lipinski definition) is 0. The molecule has 0 aromatic heterocycles. The number of carbonyl (C=O) groups excluding carboxylic acids is 1. The van der Waals surface area contributed by atoms with Gasteiger partial charge in [0.25, 0.3) is 0 Å². The van der Waals surface area contributed by atoms with Crippen LogP contribution in [0.2, 0.25) is 0 Å². The normalized spacial score (nSPS) is 25.8. The second-order valence-corrected chi connectivity index (χ2v) is 4.03. The van der Waals surface area contributed by atoms with Gasteiger partial charge >= 0.3 is 5.97 Å². The first-order valence-corrected chi connectivity index (χ1v) is 4.95. The van der Waals surface area contributed by atoms with Crippen molar-refractivity contribution in [3.8, 4) is 0 Å². The van der Waals surface area contributed by atoms with E-state index in [1.54, 1.807) is 0 Å². The number of cyclic esters (lactones) is 1. The second-order valence-electron chi connectivity index (χ2n) is 4.03. The van der Waals surface area contributed by atoms with Gasteiger partial charge in [-0.25, -0.2) is 0 Å². The Labute approximate surface area is 83.9 Å². The Kier molecular flexibility index (Phi) is 2.28. The van der Waals surface area contributed by atoms with E-state index >= 15 is 0 Å². The van der Waals surface area contributed by atoms with Crippen molar-refractivity contribution < 1.29 is 9.53 Å². The molecule has 1 aromatic carbocycles. The third kappa shape index (κ3) is 1.41. The van der Waals surface area contributed by atoms with Crippen LogP contribution in [0.1, 0.15) is 25.3 Å². The van der Waals surface area contributed by atoms with E-state index in [9.17, 15) is 4.79 Å². The Balaban J connectivity index is 2.21. The van der Waals surface area contributed by atoms with Gasteiger partial charge in [0.2, 0.25) is 0 Å². The van der Waals surface area contributed by atoms with E-state index in [0.717, 1.165) is 5.56 Å². The van der Waals surface area contributed by atoms with Crippen molar-refractivity contribution >= 4 is 5.97 Å². The van der Waals surface area contributed by atoms with Crippen LogP contribution in [-0.2, 0) is 9.53 Å². The van der Waals surface area contributed by atoms with E-state index in [1.165, 1.54) is 0 Å². The minimum atomic E-state index is -0.0881. The zero-order chi connectivity index (χ0) is 10.1. The third-order valence-corrected chi connectivity index (χ3v) is 2.65. The van der Waals surface area contributed by atoms with Gasteiger partial charge in [0, 0.05) is 0 Å². The van der Waals surface area contributed by atoms with Gasteiger partial charge in [-0.05, 0) is 11.5 Å². The Morgan fingerprint density at radius 1 is 1.21 bits per heavy atom. The Bertz CT molecular complexity index is 329. The van der Waals surface area contributed by atoms with E-state index in [1.807, 2.05) is 30.3 Å². The van der Waals surface area contributed by atoms with Crippen molar-refractivity contribution in [1.29, 1.82) is 0 Å². The summed E-state index contributed by atoms with van der Waals surface area (Å²) in [5, 5.41) is 0. The van der Waals surface area contributed by atoms with Gasteiger partial charge in [0.15, 0.2) is 0 Å². The largest absolute Gasteiger partial charge is 0.460 e. The molecule has 1 saturated heterocycles. The minimum absolute atomic E-state index is 0.0452. The van der Waals surface area contributed by atoms with E-state index in [4.69, 9.17) is 4.74 Å². The summed E-state index contributed by atoms with van der Waals surface area (Å²) in [6.07, 6.45) is 0.0601. The van der Waals surface area contributed by atoms with Crippen LogP contribution in [0.15, 0.2) is 30.3 Å². The highest BCUT2D eigenvalue weighted by molar-refractivity contribution is 5.84. The number of benzene rings is 1. The predicted octanol–water partition coefficient (Wildman–Crippen LogP) is 2.35. The van der Waals surface area contributed by atoms with Crippen molar-refractivity contribution in [2.75, 3.05) is 0 Å². The Hall–Kier alpha value is -1.31. The highest BCUT2D eigenvalue weighted by Crippen LogP contribution is 2.36. The van der Waals surface area contributed by atoms with Crippen LogP contribution in [0.3, 0.4) is 0 Å². The summed E-state index contributed by atoms with van der Waals surface area (Å²) in [5.41, 5.74) is 1.07. The number of hydrogen-bond acceptors (Lipinski definition) is 2. The predicted molar refractivity (Wildman–Crippen MR) is 53.9 cm³/mol. The first kappa shape index (κ1) is 9.25. The van der Waals surface area contributed by atoms with Crippen LogP contribution in [0.25, 0.3) is 0 Å². The molecule has 0 bridgehead atoms. The van der Waals surface area contributed by atoms with Crippen molar-refractivity contribution in [1.82, 2.24) is 0 Å². The monoisotopic (exact) mass is 190 g/mol. The molecule has 0 spiro atoms. The molecular weight excluding hydrogens is 176 g/mol. The molecule has 0 amide bonds. The van der Waals surface area contributed by atoms with E-state index in [2.05, 4.69) is 13.8 Å². The average Bonchev–Trinajstić information content (AvgIpc) is 2.15. The molecule has 0 unspecified atom stereocenters. The summed E-state index contributed by atoms with van der Waals surface area (Å²) in [6, 6.07) is 9.84. The fraction of sp³-hybridized carbons (Fsp3) is 0.417. The fourth-order valence-corrected chi connectivity index (χ4v) is 1.84. The number of ether oxygens (including phenoxy) is 1. The Morgan fingerprint density at radius 2 is 1.86 bits per heavy atom. The molecule has 1 aliphatic heterocycles. The summed E-state index contributed by atoms with van der Waals surface area (Å²) in [4.78, 5) is 11.3. The molecular formula is C12H14O2. The average molecular weight is 190 g/mol. The van der Waals surface area contributed by atoms with Crippen LogP contribution in [0.5, 0.6) is 0 Å². The highest BCUT2D eigenvalue weighted by atomic mass is 16.6. The molecule has 2 atom stereocenters. The lowest BCUT2D eigenvalue weighted by molar-refractivity contribution is -0.179. The molecule has 74 valence electrons. The lowest BCUT2D eigenvalue weighted by Crippen LogP contribution is -2.46. The van der Waals surface area contributed by atoms with E-state index in [-0.39, 0.29) is 18.0 Å². The SMILES string of the molecule is CC(C)[C@H]1OC(=O)[C@@H]1c1ccccc1. The Morgan fingerprint density at radius 3 is 2.36 bits per heavy atom. The van der Waals surface area contributed by atoms with Crippen molar-refractivity contribution in [3.63, 3.8) is 0 Å². The van der Waals surface area contributed by atoms with E-state index in [0.29, 0.717) is 5.92 Å². The van der Waals surface area contributed by atoms with Gasteiger partial charge < -0.3 is 4.74 Å². The quantitative estimate of drug-likeness (QED) is 0.669. The van der Waals surface area contributed by atoms with Gasteiger partial charge in [-0.1, -0.05) is 44.2 Å². The highest BCUT2D eigenvalue weighted by Gasteiger charge is 2.44. The fourth-order valence-electron chi connectivity index (χ4n) is 1.84. The first-order chi connectivity index (χ1) is 6.70. The second kappa shape index (κ2) is 3.45. The van der Waals surface area contributed by atoms with Crippen LogP contribution in [0.4, 0.5) is 0 Å². The zero-order valence-corrected chi connectivity index (χ0v) is 8.44. The molecule has 2 heteroatoms. The molecule has 1 heterocycles. The standard InChI is InChI=1S/C12H14O2/c1-8(2)11-10(12(13)14-11)9-6-4-3-5-7-9/h3-8,10-11H,1-2H3/t10-,11-/m1/s1. The van der Waals surface area contributed by atoms with Crippen LogP contribution in [-0.4, -0.2) is 12.1 Å². The first-order valence-electron chi connectivity index (χ1n) is 4.95. The molecule has 0 aliphatic carbocycles. The van der Waals surface area contributed by atoms with Gasteiger partial charge in [0.1, 0.15) is 12.0 Å². The van der Waals surface area contributed by atoms with Crippen molar-refractivity contribution in [3.05, 3.63) is 35.9 Å². The lowest BCUT2D eigenvalue weighted by atomic mass is 9.83. The molecule has 0 saturated carbocycles. The molecule has 1 aromatic rings. The number of esters is 1. The maximum atomic E-state index is 11.3. The smallest absolute Gasteiger partial charge is 0.317 e. The van der Waals surface area contributed by atoms with Crippen LogP contribution >= 0.6 is 0 Å². The summed E-state index contributed by atoms with van der Waals surface area (Å²) in [5.74, 6) is 0.254. The molecule has 2 nitrogen and oxygen atoms in total. The third-order valence-electron chi connectivity index (χ3n) is 2.65. The van der Waals surface area contributed by atoms with Crippen molar-refractivity contribution in [2.45, 2.75) is 25.9 Å². The maximum Gasteiger partial charge on any atom is 0.317 e. The summed E-state index contributed by atoms with van der Waals surface area (Å²) in [6.45, 7) is 4.15. The molecule has 1 aliphatic rings. The summed E-state index contributed by atoms with van der Waals surface area (Å²) in [7, 11) is 0. The zero-order valence-electron chi connectivity index (χ0n) is 8.44. The lowest BCUT2D eigenvalue weighted by Gasteiger charge is -2.38. The molecule has 1 fully saturated rings. The summed E-state index contributed by atoms with van der Waals surface area (Å²) < 4.78 is 5.13. The van der Waals surface area contributed by atoms with Gasteiger partial charge in [-0.15, -0.1) is 0 Å². The topological polar surface area (TPSA) is 26.3 Å². The van der Waals surface area contributed by atoms with Gasteiger partial charge in [-0.2, -0.15) is 0 Å². The van der Waals surface area contributed by atoms with E-state index < -0.39 is 0 Å². The summed E-state index contributed by atoms with van der Waals surface area (Å²) >= 11 is 0. The molecule has 0 N–H and O–H groups in total. The van der Waals surface area contributed by atoms with Crippen LogP contribution < -0.4 is 0 Å². The maximum absolute atomic E-state index is 11.3. The minimum Gasteiger partial charge on any atom is -0.460 e.